The van der Waals surface area contributed by atoms with Crippen LogP contribution in [0.4, 0.5) is 5.69 Å². The number of sulfonamides is 1. The molecule has 0 spiro atoms. The largest absolute Gasteiger partial charge is 0.322 e. The maximum absolute atomic E-state index is 12.8. The van der Waals surface area contributed by atoms with Crippen molar-refractivity contribution in [3.63, 3.8) is 0 Å². The summed E-state index contributed by atoms with van der Waals surface area (Å²) >= 11 is 1.51. The lowest BCUT2D eigenvalue weighted by Crippen LogP contribution is -2.30. The summed E-state index contributed by atoms with van der Waals surface area (Å²) in [5.41, 5.74) is 0.872. The van der Waals surface area contributed by atoms with E-state index >= 15 is 0 Å². The molecule has 1 amide bonds. The highest BCUT2D eigenvalue weighted by molar-refractivity contribution is 7.99. The number of nitrogens with zero attached hydrogens (tertiary/aromatic N) is 2. The van der Waals surface area contributed by atoms with Gasteiger partial charge in [0.2, 0.25) is 0 Å². The summed E-state index contributed by atoms with van der Waals surface area (Å²) in [6.45, 7) is 0.632. The van der Waals surface area contributed by atoms with Gasteiger partial charge in [-0.25, -0.2) is 13.4 Å². The fraction of sp³-hybridized carbons (Fsp3) is 0.208. The molecule has 4 rings (SSSR count). The highest BCUT2D eigenvalue weighted by Crippen LogP contribution is 2.26. The Hall–Kier alpha value is -3.17. The van der Waals surface area contributed by atoms with Crippen LogP contribution in [0.25, 0.3) is 0 Å². The van der Waals surface area contributed by atoms with Crippen LogP contribution in [0.3, 0.4) is 0 Å². The van der Waals surface area contributed by atoms with Gasteiger partial charge in [-0.05, 0) is 67.4 Å². The van der Waals surface area contributed by atoms with Crippen LogP contribution in [0, 0.1) is 0 Å². The van der Waals surface area contributed by atoms with Crippen molar-refractivity contribution in [2.45, 2.75) is 40.5 Å². The van der Waals surface area contributed by atoms with Crippen molar-refractivity contribution >= 4 is 39.2 Å². The minimum atomic E-state index is -3.78. The predicted octanol–water partition coefficient (Wildman–Crippen LogP) is 4.74. The normalized spacial score (nSPS) is 14.1. The van der Waals surface area contributed by atoms with Gasteiger partial charge in [0.1, 0.15) is 10.9 Å². The van der Waals surface area contributed by atoms with Gasteiger partial charge in [-0.1, -0.05) is 30.3 Å². The zero-order valence-corrected chi connectivity index (χ0v) is 19.5. The molecule has 0 atom stereocenters. The Bertz CT molecular complexity index is 1240. The lowest BCUT2D eigenvalue weighted by molar-refractivity contribution is 0.102. The summed E-state index contributed by atoms with van der Waals surface area (Å²) in [6, 6.07) is 19.1. The lowest BCUT2D eigenvalue weighted by Gasteiger charge is -2.11. The summed E-state index contributed by atoms with van der Waals surface area (Å²) in [4.78, 5) is 22.3. The first-order valence-electron chi connectivity index (χ1n) is 10.7. The van der Waals surface area contributed by atoms with Crippen LogP contribution in [0.1, 0.15) is 36.0 Å². The van der Waals surface area contributed by atoms with E-state index in [-0.39, 0.29) is 10.8 Å². The fourth-order valence-electron chi connectivity index (χ4n) is 3.32. The van der Waals surface area contributed by atoms with Crippen molar-refractivity contribution in [2.24, 2.45) is 4.99 Å². The topological polar surface area (TPSA) is 101 Å². The lowest BCUT2D eigenvalue weighted by atomic mass is 10.2. The highest BCUT2D eigenvalue weighted by atomic mass is 32.2. The van der Waals surface area contributed by atoms with Crippen molar-refractivity contribution in [3.05, 3.63) is 78.5 Å². The third-order valence-corrected chi connectivity index (χ3v) is 7.34. The fourth-order valence-corrected chi connectivity index (χ4v) is 5.23. The molecule has 9 heteroatoms. The third-order valence-electron chi connectivity index (χ3n) is 5.01. The molecule has 0 saturated heterocycles. The number of aliphatic imine (C=N–C) groups is 1. The number of rotatable bonds is 6. The number of hydrogen-bond donors (Lipinski definition) is 2. The Balaban J connectivity index is 1.42. The summed E-state index contributed by atoms with van der Waals surface area (Å²) < 4.78 is 28.2. The van der Waals surface area contributed by atoms with Crippen LogP contribution in [-0.2, 0) is 10.0 Å². The first-order chi connectivity index (χ1) is 16.0. The van der Waals surface area contributed by atoms with Crippen LogP contribution in [0.5, 0.6) is 0 Å². The number of amides is 1. The minimum absolute atomic E-state index is 0.0781. The van der Waals surface area contributed by atoms with E-state index in [0.29, 0.717) is 30.1 Å². The number of aromatic nitrogens is 1. The number of carbonyl (C=O) groups excluding carboxylic acids is 1. The standard InChI is InChI=1S/C24H24N4O3S2/c29-24(18-11-13-20(14-12-18)32-23-10-3-5-16-26-23)27-19-7-6-8-21(17-19)33(30,31)28-22-9-2-1-4-15-25-22/h3,5-8,10-14,16-17H,1-2,4,9,15H2,(H,25,28)(H,27,29). The average Bonchev–Trinajstić information content (AvgIpc) is 3.08. The van der Waals surface area contributed by atoms with Crippen molar-refractivity contribution in [2.75, 3.05) is 11.9 Å². The van der Waals surface area contributed by atoms with Gasteiger partial charge in [0.25, 0.3) is 15.9 Å². The summed E-state index contributed by atoms with van der Waals surface area (Å²) in [6.07, 6.45) is 5.27. The molecular weight excluding hydrogens is 456 g/mol. The molecular formula is C24H24N4O3S2. The predicted molar refractivity (Wildman–Crippen MR) is 130 cm³/mol. The van der Waals surface area contributed by atoms with Gasteiger partial charge in [-0.2, -0.15) is 0 Å². The maximum atomic E-state index is 12.8. The first kappa shape index (κ1) is 23.0. The summed E-state index contributed by atoms with van der Waals surface area (Å²) in [7, 11) is -3.78. The molecule has 7 nitrogen and oxygen atoms in total. The van der Waals surface area contributed by atoms with E-state index < -0.39 is 10.0 Å². The molecule has 3 aromatic rings. The first-order valence-corrected chi connectivity index (χ1v) is 13.0. The van der Waals surface area contributed by atoms with E-state index in [0.717, 1.165) is 29.2 Å². The molecule has 0 bridgehead atoms. The Morgan fingerprint density at radius 3 is 2.58 bits per heavy atom. The number of carbonyl (C=O) groups is 1. The molecule has 1 aliphatic heterocycles. The van der Waals surface area contributed by atoms with Crippen molar-refractivity contribution in [3.8, 4) is 0 Å². The summed E-state index contributed by atoms with van der Waals surface area (Å²) in [5.74, 6) is 0.172. The monoisotopic (exact) mass is 480 g/mol. The van der Waals surface area contributed by atoms with E-state index in [1.807, 2.05) is 30.3 Å². The highest BCUT2D eigenvalue weighted by Gasteiger charge is 2.18. The number of benzene rings is 2. The molecule has 0 saturated carbocycles. The van der Waals surface area contributed by atoms with Gasteiger partial charge in [0.15, 0.2) is 0 Å². The van der Waals surface area contributed by atoms with Gasteiger partial charge in [0.05, 0.1) is 4.90 Å². The molecule has 0 aliphatic carbocycles. The summed E-state index contributed by atoms with van der Waals surface area (Å²) in [5, 5.41) is 3.64. The minimum Gasteiger partial charge on any atom is -0.322 e. The second-order valence-electron chi connectivity index (χ2n) is 7.52. The smallest absolute Gasteiger partial charge is 0.262 e. The van der Waals surface area contributed by atoms with Gasteiger partial charge in [0, 0.05) is 35.3 Å². The van der Waals surface area contributed by atoms with E-state index in [1.165, 1.54) is 23.9 Å². The average molecular weight is 481 g/mol. The molecule has 1 aliphatic rings. The Kier molecular flexibility index (Phi) is 7.41. The molecule has 1 aromatic heterocycles. The van der Waals surface area contributed by atoms with Crippen molar-refractivity contribution < 1.29 is 13.2 Å². The number of pyridine rings is 1. The SMILES string of the molecule is O=C(Nc1cccc(S(=O)(=O)NC2=NCCCCC2)c1)c1ccc(Sc2ccccn2)cc1. The van der Waals surface area contributed by atoms with Crippen molar-refractivity contribution in [1.29, 1.82) is 0 Å². The molecule has 0 unspecified atom stereocenters. The van der Waals surface area contributed by atoms with E-state index in [1.54, 1.807) is 30.5 Å². The van der Waals surface area contributed by atoms with Crippen LogP contribution in [0.2, 0.25) is 0 Å². The van der Waals surface area contributed by atoms with Crippen LogP contribution < -0.4 is 10.0 Å². The van der Waals surface area contributed by atoms with Crippen molar-refractivity contribution in [1.82, 2.24) is 9.71 Å². The van der Waals surface area contributed by atoms with E-state index in [4.69, 9.17) is 0 Å². The molecule has 0 fully saturated rings. The molecule has 2 N–H and O–H groups in total. The zero-order valence-electron chi connectivity index (χ0n) is 17.9. The zero-order chi connectivity index (χ0) is 23.1. The van der Waals surface area contributed by atoms with Gasteiger partial charge < -0.3 is 5.32 Å². The maximum Gasteiger partial charge on any atom is 0.262 e. The van der Waals surface area contributed by atoms with E-state index in [9.17, 15) is 13.2 Å². The quantitative estimate of drug-likeness (QED) is 0.531. The molecule has 2 heterocycles. The molecule has 33 heavy (non-hydrogen) atoms. The number of anilines is 1. The van der Waals surface area contributed by atoms with Gasteiger partial charge in [-0.3, -0.25) is 14.5 Å². The van der Waals surface area contributed by atoms with Crippen LogP contribution in [-0.4, -0.2) is 31.7 Å². The number of amidine groups is 1. The Morgan fingerprint density at radius 2 is 1.79 bits per heavy atom. The molecule has 2 aromatic carbocycles. The third kappa shape index (κ3) is 6.43. The second kappa shape index (κ2) is 10.6. The van der Waals surface area contributed by atoms with Crippen LogP contribution in [0.15, 0.2) is 92.7 Å². The van der Waals surface area contributed by atoms with Crippen LogP contribution >= 0.6 is 11.8 Å². The number of hydrogen-bond acceptors (Lipinski definition) is 6. The van der Waals surface area contributed by atoms with Gasteiger partial charge >= 0.3 is 0 Å². The van der Waals surface area contributed by atoms with E-state index in [2.05, 4.69) is 20.0 Å². The molecule has 170 valence electrons. The second-order valence-corrected chi connectivity index (χ2v) is 10.3. The Labute approximate surface area is 197 Å². The molecule has 0 radical (unpaired) electrons. The number of nitrogens with one attached hydrogen (secondary N) is 2. The Morgan fingerprint density at radius 1 is 0.939 bits per heavy atom. The van der Waals surface area contributed by atoms with Gasteiger partial charge in [-0.15, -0.1) is 0 Å².